The van der Waals surface area contributed by atoms with Crippen LogP contribution in [0.1, 0.15) is 29.6 Å². The van der Waals surface area contributed by atoms with E-state index in [1.807, 2.05) is 0 Å². The fourth-order valence-corrected chi connectivity index (χ4v) is 4.27. The third-order valence-corrected chi connectivity index (χ3v) is 6.04. The largest absolute Gasteiger partial charge is 0.298 e. The Morgan fingerprint density at radius 1 is 1.16 bits per heavy atom. The maximum absolute atomic E-state index is 12.7. The summed E-state index contributed by atoms with van der Waals surface area (Å²) in [6.07, 6.45) is 2.43. The van der Waals surface area contributed by atoms with Gasteiger partial charge in [-0.25, -0.2) is 8.42 Å². The van der Waals surface area contributed by atoms with Crippen molar-refractivity contribution < 1.29 is 27.7 Å². The number of carbonyl (C=O) groups is 3. The summed E-state index contributed by atoms with van der Waals surface area (Å²) in [7, 11) is -3.70. The zero-order valence-electron chi connectivity index (χ0n) is 13.3. The van der Waals surface area contributed by atoms with Gasteiger partial charge < -0.3 is 0 Å². The third-order valence-electron chi connectivity index (χ3n) is 4.93. The molecule has 9 heteroatoms. The lowest BCUT2D eigenvalue weighted by molar-refractivity contribution is -0.385. The molecule has 0 aliphatic heterocycles. The van der Waals surface area contributed by atoms with Gasteiger partial charge in [-0.15, -0.1) is 0 Å². The van der Waals surface area contributed by atoms with Crippen LogP contribution >= 0.6 is 0 Å². The zero-order chi connectivity index (χ0) is 18.5. The van der Waals surface area contributed by atoms with E-state index >= 15 is 0 Å². The molecule has 3 rings (SSSR count). The Balaban J connectivity index is 2.06. The standard InChI is InChI=1S/C16H15NO7S/c1-25(23,24)10-4-5-11(12(7-10)17(21)22)16(20)13-14(18)8-2-3-9(6-8)15(13)19/h4-5,7-9,13H,2-3,6H2,1H3. The minimum Gasteiger partial charge on any atom is -0.298 e. The van der Waals surface area contributed by atoms with Crippen molar-refractivity contribution in [1.82, 2.24) is 0 Å². The Hall–Kier alpha value is -2.42. The molecular weight excluding hydrogens is 350 g/mol. The van der Waals surface area contributed by atoms with Crippen LogP contribution in [0.5, 0.6) is 0 Å². The van der Waals surface area contributed by atoms with Crippen molar-refractivity contribution in [3.8, 4) is 0 Å². The van der Waals surface area contributed by atoms with Gasteiger partial charge in [0.05, 0.1) is 15.4 Å². The summed E-state index contributed by atoms with van der Waals surface area (Å²) in [6.45, 7) is 0. The molecule has 0 amide bonds. The number of benzene rings is 1. The number of hydrogen-bond acceptors (Lipinski definition) is 7. The fraction of sp³-hybridized carbons (Fsp3) is 0.438. The second kappa shape index (κ2) is 5.83. The first-order chi connectivity index (χ1) is 11.6. The van der Waals surface area contributed by atoms with Crippen molar-refractivity contribution in [2.24, 2.45) is 17.8 Å². The maximum atomic E-state index is 12.7. The summed E-state index contributed by atoms with van der Waals surface area (Å²) >= 11 is 0. The predicted octanol–water partition coefficient (Wildman–Crippen LogP) is 1.37. The molecule has 1 aromatic carbocycles. The van der Waals surface area contributed by atoms with Crippen molar-refractivity contribution in [3.05, 3.63) is 33.9 Å². The van der Waals surface area contributed by atoms with Crippen LogP contribution in [0.4, 0.5) is 5.69 Å². The number of hydrogen-bond donors (Lipinski definition) is 0. The average Bonchev–Trinajstić information content (AvgIpc) is 2.98. The average molecular weight is 365 g/mol. The highest BCUT2D eigenvalue weighted by atomic mass is 32.2. The number of nitro groups is 1. The third kappa shape index (κ3) is 2.88. The lowest BCUT2D eigenvalue weighted by Crippen LogP contribution is -2.41. The predicted molar refractivity (Wildman–Crippen MR) is 84.9 cm³/mol. The second-order valence-corrected chi connectivity index (χ2v) is 8.53. The summed E-state index contributed by atoms with van der Waals surface area (Å²) in [6, 6.07) is 2.87. The molecule has 8 nitrogen and oxygen atoms in total. The highest BCUT2D eigenvalue weighted by molar-refractivity contribution is 7.90. The van der Waals surface area contributed by atoms with Gasteiger partial charge in [0.1, 0.15) is 5.92 Å². The molecule has 2 saturated carbocycles. The van der Waals surface area contributed by atoms with Gasteiger partial charge in [-0.1, -0.05) is 0 Å². The van der Waals surface area contributed by atoms with Crippen molar-refractivity contribution in [2.45, 2.75) is 24.2 Å². The van der Waals surface area contributed by atoms with E-state index in [1.54, 1.807) is 0 Å². The number of Topliss-reactive ketones (excluding diaryl/α,β-unsaturated/α-hetero) is 3. The van der Waals surface area contributed by atoms with Crippen LogP contribution in [0.25, 0.3) is 0 Å². The molecule has 25 heavy (non-hydrogen) atoms. The molecule has 2 fully saturated rings. The van der Waals surface area contributed by atoms with Crippen molar-refractivity contribution in [1.29, 1.82) is 0 Å². The smallest absolute Gasteiger partial charge is 0.281 e. The highest BCUT2D eigenvalue weighted by Gasteiger charge is 2.50. The molecule has 2 unspecified atom stereocenters. The molecule has 1 aromatic rings. The molecule has 0 spiro atoms. The van der Waals surface area contributed by atoms with E-state index in [0.29, 0.717) is 19.3 Å². The van der Waals surface area contributed by atoms with Crippen LogP contribution in [0, 0.1) is 27.9 Å². The highest BCUT2D eigenvalue weighted by Crippen LogP contribution is 2.42. The molecule has 0 saturated heterocycles. The van der Waals surface area contributed by atoms with E-state index in [1.165, 1.54) is 0 Å². The van der Waals surface area contributed by atoms with Gasteiger partial charge in [-0.3, -0.25) is 24.5 Å². The first-order valence-corrected chi connectivity index (χ1v) is 9.60. The lowest BCUT2D eigenvalue weighted by atomic mass is 9.75. The summed E-state index contributed by atoms with van der Waals surface area (Å²) in [5.41, 5.74) is -1.13. The number of nitrogens with zero attached hydrogens (tertiary/aromatic N) is 1. The minimum absolute atomic E-state index is 0.308. The maximum Gasteiger partial charge on any atom is 0.281 e. The van der Waals surface area contributed by atoms with Crippen LogP contribution in [-0.2, 0) is 19.4 Å². The number of sulfone groups is 1. The minimum atomic E-state index is -3.70. The summed E-state index contributed by atoms with van der Waals surface area (Å²) in [5.74, 6) is -4.11. The van der Waals surface area contributed by atoms with E-state index in [4.69, 9.17) is 0 Å². The zero-order valence-corrected chi connectivity index (χ0v) is 14.1. The summed E-state index contributed by atoms with van der Waals surface area (Å²) in [5, 5.41) is 11.3. The molecule has 0 radical (unpaired) electrons. The van der Waals surface area contributed by atoms with Crippen LogP contribution < -0.4 is 0 Å². The van der Waals surface area contributed by atoms with E-state index < -0.39 is 49.3 Å². The Bertz CT molecular complexity index is 896. The van der Waals surface area contributed by atoms with Gasteiger partial charge in [0.15, 0.2) is 27.2 Å². The molecule has 2 aliphatic carbocycles. The molecule has 0 N–H and O–H groups in total. The monoisotopic (exact) mass is 365 g/mol. The Labute approximate surface area is 143 Å². The molecule has 132 valence electrons. The summed E-state index contributed by atoms with van der Waals surface area (Å²) in [4.78, 5) is 47.6. The molecule has 2 aliphatic rings. The molecule has 2 atom stereocenters. The Morgan fingerprint density at radius 3 is 2.20 bits per heavy atom. The molecule has 0 heterocycles. The first kappa shape index (κ1) is 17.4. The van der Waals surface area contributed by atoms with Crippen molar-refractivity contribution in [2.75, 3.05) is 6.26 Å². The Kier molecular flexibility index (Phi) is 4.06. The normalized spacial score (nSPS) is 25.9. The Morgan fingerprint density at radius 2 is 1.72 bits per heavy atom. The van der Waals surface area contributed by atoms with E-state index in [9.17, 15) is 32.9 Å². The van der Waals surface area contributed by atoms with Gasteiger partial charge >= 0.3 is 0 Å². The second-order valence-electron chi connectivity index (χ2n) is 6.52. The molecular formula is C16H15NO7S. The van der Waals surface area contributed by atoms with Crippen molar-refractivity contribution in [3.63, 3.8) is 0 Å². The number of nitro benzene ring substituents is 1. The van der Waals surface area contributed by atoms with Crippen LogP contribution in [0.2, 0.25) is 0 Å². The number of ketones is 3. The summed E-state index contributed by atoms with van der Waals surface area (Å²) < 4.78 is 23.1. The molecule has 2 bridgehead atoms. The van der Waals surface area contributed by atoms with Crippen LogP contribution in [0.3, 0.4) is 0 Å². The van der Waals surface area contributed by atoms with Crippen molar-refractivity contribution >= 4 is 32.9 Å². The SMILES string of the molecule is CS(=O)(=O)c1ccc(C(=O)C2C(=O)C3CCC(C3)C2=O)c([N+](=O)[O-])c1. The number of fused-ring (bicyclic) bond motifs is 2. The quantitative estimate of drug-likeness (QED) is 0.341. The van der Waals surface area contributed by atoms with Gasteiger partial charge in [-0.2, -0.15) is 0 Å². The van der Waals surface area contributed by atoms with Gasteiger partial charge in [-0.05, 0) is 31.4 Å². The topological polar surface area (TPSA) is 128 Å². The van der Waals surface area contributed by atoms with Crippen LogP contribution in [0.15, 0.2) is 23.1 Å². The fourth-order valence-electron chi connectivity index (χ4n) is 3.63. The van der Waals surface area contributed by atoms with Gasteiger partial charge in [0.2, 0.25) is 0 Å². The first-order valence-electron chi connectivity index (χ1n) is 7.71. The van der Waals surface area contributed by atoms with Crippen LogP contribution in [-0.4, -0.2) is 36.9 Å². The van der Waals surface area contributed by atoms with E-state index in [0.717, 1.165) is 24.5 Å². The molecule has 0 aromatic heterocycles. The number of rotatable bonds is 4. The van der Waals surface area contributed by atoms with Gasteiger partial charge in [0.25, 0.3) is 5.69 Å². The van der Waals surface area contributed by atoms with Gasteiger partial charge in [0, 0.05) is 24.2 Å². The lowest BCUT2D eigenvalue weighted by Gasteiger charge is -2.24. The number of carbonyl (C=O) groups excluding carboxylic acids is 3. The van der Waals surface area contributed by atoms with E-state index in [2.05, 4.69) is 0 Å². The van der Waals surface area contributed by atoms with E-state index in [-0.39, 0.29) is 16.7 Å².